The van der Waals surface area contributed by atoms with Gasteiger partial charge in [0.1, 0.15) is 4.21 Å². The van der Waals surface area contributed by atoms with E-state index in [4.69, 9.17) is 9.47 Å². The quantitative estimate of drug-likeness (QED) is 0.680. The lowest BCUT2D eigenvalue weighted by Gasteiger charge is -2.10. The number of hydrogen-bond donors (Lipinski definition) is 2. The van der Waals surface area contributed by atoms with Crippen LogP contribution >= 0.6 is 11.3 Å². The molecule has 0 saturated carbocycles. The molecule has 1 aliphatic heterocycles. The highest BCUT2D eigenvalue weighted by Crippen LogP contribution is 2.35. The Bertz CT molecular complexity index is 1040. The summed E-state index contributed by atoms with van der Waals surface area (Å²) in [6.07, 6.45) is 0. The minimum absolute atomic E-state index is 0.234. The summed E-state index contributed by atoms with van der Waals surface area (Å²) in [7, 11) is -3.55. The molecule has 0 spiro atoms. The molecule has 8 heteroatoms. The second-order valence-electron chi connectivity index (χ2n) is 5.74. The molecule has 0 aliphatic carbocycles. The first-order valence-corrected chi connectivity index (χ1v) is 10.2. The van der Waals surface area contributed by atoms with Crippen LogP contribution in [0.4, 0.5) is 17.1 Å². The van der Waals surface area contributed by atoms with Crippen molar-refractivity contribution in [3.8, 4) is 11.5 Å². The van der Waals surface area contributed by atoms with E-state index in [2.05, 4.69) is 10.0 Å². The largest absolute Gasteiger partial charge is 0.454 e. The molecular weight excluding hydrogens is 372 g/mol. The van der Waals surface area contributed by atoms with Crippen LogP contribution in [0.25, 0.3) is 0 Å². The second-order valence-corrected chi connectivity index (χ2v) is 8.94. The normalized spacial score (nSPS) is 12.8. The average molecular weight is 388 g/mol. The number of thiophene rings is 1. The minimum Gasteiger partial charge on any atom is -0.454 e. The number of nitrogens with one attached hydrogen (secondary N) is 2. The lowest BCUT2D eigenvalue weighted by atomic mass is 10.2. The molecule has 3 aromatic rings. The first kappa shape index (κ1) is 16.7. The van der Waals surface area contributed by atoms with Crippen LogP contribution in [0.15, 0.2) is 58.8 Å². The van der Waals surface area contributed by atoms with E-state index in [-0.39, 0.29) is 6.79 Å². The number of rotatable bonds is 5. The van der Waals surface area contributed by atoms with E-state index in [1.807, 2.05) is 37.3 Å². The van der Waals surface area contributed by atoms with Crippen molar-refractivity contribution < 1.29 is 17.9 Å². The van der Waals surface area contributed by atoms with Gasteiger partial charge in [0.05, 0.1) is 0 Å². The van der Waals surface area contributed by atoms with Gasteiger partial charge in [0.25, 0.3) is 10.0 Å². The van der Waals surface area contributed by atoms with Gasteiger partial charge in [0, 0.05) is 28.0 Å². The summed E-state index contributed by atoms with van der Waals surface area (Å²) >= 11 is 1.24. The predicted molar refractivity (Wildman–Crippen MR) is 102 cm³/mol. The maximum Gasteiger partial charge on any atom is 0.271 e. The Morgan fingerprint density at radius 1 is 0.885 bits per heavy atom. The zero-order valence-corrected chi connectivity index (χ0v) is 15.5. The second kappa shape index (κ2) is 6.54. The fraction of sp³-hybridized carbons (Fsp3) is 0.111. The van der Waals surface area contributed by atoms with E-state index in [9.17, 15) is 8.42 Å². The predicted octanol–water partition coefficient (Wildman–Crippen LogP) is 4.33. The van der Waals surface area contributed by atoms with E-state index >= 15 is 0 Å². The first-order valence-electron chi connectivity index (χ1n) is 7.86. The maximum absolute atomic E-state index is 12.4. The highest BCUT2D eigenvalue weighted by molar-refractivity contribution is 7.94. The fourth-order valence-corrected chi connectivity index (χ4v) is 4.87. The molecule has 1 aromatic heterocycles. The first-order chi connectivity index (χ1) is 12.5. The molecule has 0 amide bonds. The van der Waals surface area contributed by atoms with Gasteiger partial charge in [0.2, 0.25) is 6.79 Å². The number of sulfonamides is 1. The molecule has 26 heavy (non-hydrogen) atoms. The van der Waals surface area contributed by atoms with Crippen molar-refractivity contribution in [1.29, 1.82) is 0 Å². The van der Waals surface area contributed by atoms with Gasteiger partial charge < -0.3 is 14.8 Å². The number of aryl methyl sites for hydroxylation is 1. The van der Waals surface area contributed by atoms with Gasteiger partial charge in [-0.25, -0.2) is 8.42 Å². The molecule has 2 heterocycles. The molecule has 0 radical (unpaired) electrons. The summed E-state index contributed by atoms with van der Waals surface area (Å²) in [5, 5.41) is 3.25. The number of hydrogen-bond acceptors (Lipinski definition) is 6. The summed E-state index contributed by atoms with van der Waals surface area (Å²) in [6.45, 7) is 2.11. The Morgan fingerprint density at radius 3 is 2.31 bits per heavy atom. The maximum atomic E-state index is 12.4. The SMILES string of the molecule is Cc1ccc(S(=O)(=O)Nc2ccc(Nc3ccc4c(c3)OCO4)cc2)s1. The van der Waals surface area contributed by atoms with Crippen LogP contribution in [0.3, 0.4) is 0 Å². The van der Waals surface area contributed by atoms with Crippen LogP contribution in [0.2, 0.25) is 0 Å². The van der Waals surface area contributed by atoms with Crippen LogP contribution in [0.5, 0.6) is 11.5 Å². The number of fused-ring (bicyclic) bond motifs is 1. The summed E-state index contributed by atoms with van der Waals surface area (Å²) < 4.78 is 38.3. The van der Waals surface area contributed by atoms with Crippen molar-refractivity contribution in [2.75, 3.05) is 16.8 Å². The van der Waals surface area contributed by atoms with E-state index < -0.39 is 10.0 Å². The van der Waals surface area contributed by atoms with E-state index in [0.717, 1.165) is 22.0 Å². The van der Waals surface area contributed by atoms with Crippen LogP contribution in [-0.4, -0.2) is 15.2 Å². The van der Waals surface area contributed by atoms with Crippen molar-refractivity contribution in [2.45, 2.75) is 11.1 Å². The number of anilines is 3. The Kier molecular flexibility index (Phi) is 4.21. The average Bonchev–Trinajstić information content (AvgIpc) is 3.25. The monoisotopic (exact) mass is 388 g/mol. The molecule has 0 atom stereocenters. The van der Waals surface area contributed by atoms with Crippen molar-refractivity contribution >= 4 is 38.4 Å². The lowest BCUT2D eigenvalue weighted by Crippen LogP contribution is -2.11. The van der Waals surface area contributed by atoms with Gasteiger partial charge in [-0.1, -0.05) is 0 Å². The smallest absolute Gasteiger partial charge is 0.271 e. The van der Waals surface area contributed by atoms with Gasteiger partial charge >= 0.3 is 0 Å². The van der Waals surface area contributed by atoms with Crippen molar-refractivity contribution in [2.24, 2.45) is 0 Å². The van der Waals surface area contributed by atoms with Gasteiger partial charge in [-0.15, -0.1) is 11.3 Å². The molecule has 6 nitrogen and oxygen atoms in total. The topological polar surface area (TPSA) is 76.7 Å². The molecule has 0 saturated heterocycles. The van der Waals surface area contributed by atoms with Crippen LogP contribution in [-0.2, 0) is 10.0 Å². The Balaban J connectivity index is 1.47. The zero-order valence-electron chi connectivity index (χ0n) is 13.9. The molecule has 2 aromatic carbocycles. The lowest BCUT2D eigenvalue weighted by molar-refractivity contribution is 0.174. The Morgan fingerprint density at radius 2 is 1.58 bits per heavy atom. The molecule has 2 N–H and O–H groups in total. The van der Waals surface area contributed by atoms with E-state index in [0.29, 0.717) is 15.6 Å². The summed E-state index contributed by atoms with van der Waals surface area (Å²) in [5.41, 5.74) is 2.20. The molecule has 4 rings (SSSR count). The number of ether oxygens (including phenoxy) is 2. The third kappa shape index (κ3) is 3.47. The van der Waals surface area contributed by atoms with Crippen LogP contribution in [0.1, 0.15) is 4.88 Å². The third-order valence-corrected chi connectivity index (χ3v) is 6.65. The van der Waals surface area contributed by atoms with Crippen molar-refractivity contribution in [3.63, 3.8) is 0 Å². The van der Waals surface area contributed by atoms with Crippen molar-refractivity contribution in [1.82, 2.24) is 0 Å². The molecule has 0 unspecified atom stereocenters. The Hall–Kier alpha value is -2.71. The molecular formula is C18H16N2O4S2. The minimum atomic E-state index is -3.55. The Labute approximate surface area is 155 Å². The third-order valence-electron chi connectivity index (χ3n) is 3.78. The van der Waals surface area contributed by atoms with E-state index in [1.54, 1.807) is 24.3 Å². The summed E-state index contributed by atoms with van der Waals surface area (Å²) in [4.78, 5) is 0.952. The van der Waals surface area contributed by atoms with Gasteiger partial charge in [-0.05, 0) is 55.5 Å². The summed E-state index contributed by atoms with van der Waals surface area (Å²) in [6, 6.07) is 16.0. The van der Waals surface area contributed by atoms with Crippen molar-refractivity contribution in [3.05, 3.63) is 59.5 Å². The molecule has 1 aliphatic rings. The van der Waals surface area contributed by atoms with Gasteiger partial charge in [-0.2, -0.15) is 0 Å². The van der Waals surface area contributed by atoms with Crippen LogP contribution < -0.4 is 19.5 Å². The standard InChI is InChI=1S/C18H16N2O4S2/c1-12-2-9-18(25-12)26(21,22)20-14-5-3-13(4-6-14)19-15-7-8-16-17(10-15)24-11-23-16/h2-10,19-20H,11H2,1H3. The van der Waals surface area contributed by atoms with Crippen LogP contribution in [0, 0.1) is 6.92 Å². The molecule has 0 fully saturated rings. The van der Waals surface area contributed by atoms with E-state index in [1.165, 1.54) is 11.3 Å². The van der Waals surface area contributed by atoms with Gasteiger partial charge in [-0.3, -0.25) is 4.72 Å². The number of benzene rings is 2. The highest BCUT2D eigenvalue weighted by Gasteiger charge is 2.16. The molecule has 134 valence electrons. The van der Waals surface area contributed by atoms with Gasteiger partial charge in [0.15, 0.2) is 11.5 Å². The zero-order chi connectivity index (χ0) is 18.1. The fourth-order valence-electron chi connectivity index (χ4n) is 2.52. The highest BCUT2D eigenvalue weighted by atomic mass is 32.2. The molecule has 0 bridgehead atoms. The summed E-state index contributed by atoms with van der Waals surface area (Å²) in [5.74, 6) is 1.43.